The van der Waals surface area contributed by atoms with Crippen molar-refractivity contribution in [3.05, 3.63) is 40.6 Å². The molecule has 3 N–H and O–H groups in total. The highest BCUT2D eigenvalue weighted by atomic mass is 79.9. The number of hydrogen-bond donors (Lipinski definition) is 2. The standard InChI is InChI=1S/C13H15BrN4/c1-8(2)9-4-3-5-10(6-9)18-13-11(14)12(15)16-7-17-13/h3-8H,1-2H3,(H3,15,16,17,18). The van der Waals surface area contributed by atoms with Gasteiger partial charge in [-0.15, -0.1) is 0 Å². The summed E-state index contributed by atoms with van der Waals surface area (Å²) in [7, 11) is 0. The predicted octanol–water partition coefficient (Wildman–Crippen LogP) is 3.69. The molecule has 0 spiro atoms. The van der Waals surface area contributed by atoms with E-state index >= 15 is 0 Å². The first-order chi connectivity index (χ1) is 8.58. The van der Waals surface area contributed by atoms with Gasteiger partial charge in [0.15, 0.2) is 0 Å². The zero-order valence-corrected chi connectivity index (χ0v) is 11.9. The summed E-state index contributed by atoms with van der Waals surface area (Å²) in [6.07, 6.45) is 1.44. The Kier molecular flexibility index (Phi) is 3.81. The average Bonchev–Trinajstić information content (AvgIpc) is 2.35. The van der Waals surface area contributed by atoms with Gasteiger partial charge >= 0.3 is 0 Å². The van der Waals surface area contributed by atoms with Crippen LogP contribution >= 0.6 is 15.9 Å². The molecule has 5 heteroatoms. The maximum atomic E-state index is 5.71. The Morgan fingerprint density at radius 3 is 2.78 bits per heavy atom. The average molecular weight is 307 g/mol. The quantitative estimate of drug-likeness (QED) is 0.908. The topological polar surface area (TPSA) is 63.8 Å². The second-order valence-corrected chi connectivity index (χ2v) is 5.12. The molecule has 2 aromatic rings. The Morgan fingerprint density at radius 2 is 2.06 bits per heavy atom. The van der Waals surface area contributed by atoms with Crippen LogP contribution < -0.4 is 11.1 Å². The third-order valence-electron chi connectivity index (χ3n) is 2.63. The maximum absolute atomic E-state index is 5.71. The lowest BCUT2D eigenvalue weighted by Gasteiger charge is -2.11. The van der Waals surface area contributed by atoms with Crippen LogP contribution in [0.2, 0.25) is 0 Å². The summed E-state index contributed by atoms with van der Waals surface area (Å²) in [5, 5.41) is 3.23. The number of nitrogens with one attached hydrogen (secondary N) is 1. The van der Waals surface area contributed by atoms with Gasteiger partial charge in [0.1, 0.15) is 22.4 Å². The number of nitrogens with zero attached hydrogens (tertiary/aromatic N) is 2. The molecule has 0 amide bonds. The molecule has 1 heterocycles. The number of halogens is 1. The fraction of sp³-hybridized carbons (Fsp3) is 0.231. The molecule has 0 aliphatic carbocycles. The second-order valence-electron chi connectivity index (χ2n) is 4.33. The van der Waals surface area contributed by atoms with E-state index in [2.05, 4.69) is 57.2 Å². The van der Waals surface area contributed by atoms with Crippen LogP contribution in [0.5, 0.6) is 0 Å². The first kappa shape index (κ1) is 12.8. The van der Waals surface area contributed by atoms with Gasteiger partial charge in [-0.2, -0.15) is 0 Å². The number of benzene rings is 1. The van der Waals surface area contributed by atoms with Crippen LogP contribution in [0, 0.1) is 0 Å². The number of nitrogens with two attached hydrogens (primary N) is 1. The minimum atomic E-state index is 0.424. The van der Waals surface area contributed by atoms with Gasteiger partial charge in [-0.25, -0.2) is 9.97 Å². The van der Waals surface area contributed by atoms with Crippen molar-refractivity contribution in [3.63, 3.8) is 0 Å². The summed E-state index contributed by atoms with van der Waals surface area (Å²) in [5.74, 6) is 1.58. The number of hydrogen-bond acceptors (Lipinski definition) is 4. The van der Waals surface area contributed by atoms with Gasteiger partial charge in [0.2, 0.25) is 0 Å². The monoisotopic (exact) mass is 306 g/mol. The molecule has 0 bridgehead atoms. The van der Waals surface area contributed by atoms with Gasteiger partial charge in [-0.3, -0.25) is 0 Å². The van der Waals surface area contributed by atoms with Crippen LogP contribution in [0.3, 0.4) is 0 Å². The molecule has 1 aromatic heterocycles. The lowest BCUT2D eigenvalue weighted by atomic mass is 10.0. The Bertz CT molecular complexity index is 554. The first-order valence-electron chi connectivity index (χ1n) is 5.71. The van der Waals surface area contributed by atoms with E-state index in [0.29, 0.717) is 22.0 Å². The van der Waals surface area contributed by atoms with Gasteiger partial charge in [-0.1, -0.05) is 26.0 Å². The fourth-order valence-electron chi connectivity index (χ4n) is 1.58. The lowest BCUT2D eigenvalue weighted by Crippen LogP contribution is -2.00. The lowest BCUT2D eigenvalue weighted by molar-refractivity contribution is 0.867. The Balaban J connectivity index is 2.28. The molecule has 0 atom stereocenters. The summed E-state index contributed by atoms with van der Waals surface area (Å²) in [6, 6.07) is 8.24. The van der Waals surface area contributed by atoms with Gasteiger partial charge < -0.3 is 11.1 Å². The molecular formula is C13H15BrN4. The minimum Gasteiger partial charge on any atom is -0.383 e. The van der Waals surface area contributed by atoms with Crippen LogP contribution in [0.15, 0.2) is 35.1 Å². The normalized spacial score (nSPS) is 10.7. The highest BCUT2D eigenvalue weighted by Gasteiger charge is 2.07. The van der Waals surface area contributed by atoms with Crippen LogP contribution in [0.4, 0.5) is 17.3 Å². The van der Waals surface area contributed by atoms with Crippen LogP contribution in [-0.2, 0) is 0 Å². The van der Waals surface area contributed by atoms with E-state index in [4.69, 9.17) is 5.73 Å². The summed E-state index contributed by atoms with van der Waals surface area (Å²) in [6.45, 7) is 4.33. The van der Waals surface area contributed by atoms with Crippen molar-refractivity contribution in [2.45, 2.75) is 19.8 Å². The Morgan fingerprint density at radius 1 is 1.28 bits per heavy atom. The zero-order valence-electron chi connectivity index (χ0n) is 10.3. The molecule has 0 saturated carbocycles. The Hall–Kier alpha value is -1.62. The predicted molar refractivity (Wildman–Crippen MR) is 78.0 cm³/mol. The number of anilines is 3. The van der Waals surface area contributed by atoms with E-state index in [1.165, 1.54) is 11.9 Å². The fourth-order valence-corrected chi connectivity index (χ4v) is 1.89. The van der Waals surface area contributed by atoms with E-state index < -0.39 is 0 Å². The molecule has 0 radical (unpaired) electrons. The molecule has 4 nitrogen and oxygen atoms in total. The molecule has 0 aliphatic rings. The van der Waals surface area contributed by atoms with E-state index in [1.807, 2.05) is 12.1 Å². The van der Waals surface area contributed by atoms with Crippen LogP contribution in [0.1, 0.15) is 25.3 Å². The van der Waals surface area contributed by atoms with Gasteiger partial charge in [0, 0.05) is 5.69 Å². The second kappa shape index (κ2) is 5.35. The van der Waals surface area contributed by atoms with Crippen LogP contribution in [-0.4, -0.2) is 9.97 Å². The van der Waals surface area contributed by atoms with Gasteiger partial charge in [0.05, 0.1) is 0 Å². The molecular weight excluding hydrogens is 292 g/mol. The highest BCUT2D eigenvalue weighted by molar-refractivity contribution is 9.10. The summed E-state index contributed by atoms with van der Waals surface area (Å²) in [4.78, 5) is 8.07. The van der Waals surface area contributed by atoms with Crippen molar-refractivity contribution in [3.8, 4) is 0 Å². The minimum absolute atomic E-state index is 0.424. The molecule has 1 aromatic carbocycles. The van der Waals surface area contributed by atoms with Crippen molar-refractivity contribution in [2.75, 3.05) is 11.1 Å². The first-order valence-corrected chi connectivity index (χ1v) is 6.50. The van der Waals surface area contributed by atoms with E-state index in [0.717, 1.165) is 5.69 Å². The van der Waals surface area contributed by atoms with Crippen molar-refractivity contribution in [1.29, 1.82) is 0 Å². The van der Waals surface area contributed by atoms with Crippen molar-refractivity contribution >= 4 is 33.3 Å². The summed E-state index contributed by atoms with van der Waals surface area (Å²) < 4.78 is 0.681. The van der Waals surface area contributed by atoms with E-state index in [9.17, 15) is 0 Å². The Labute approximate surface area is 115 Å². The maximum Gasteiger partial charge on any atom is 0.150 e. The largest absolute Gasteiger partial charge is 0.383 e. The number of nitrogen functional groups attached to an aromatic ring is 1. The molecule has 94 valence electrons. The van der Waals surface area contributed by atoms with Gasteiger partial charge in [-0.05, 0) is 39.5 Å². The van der Waals surface area contributed by atoms with Crippen LogP contribution in [0.25, 0.3) is 0 Å². The van der Waals surface area contributed by atoms with E-state index in [-0.39, 0.29) is 0 Å². The summed E-state index contributed by atoms with van der Waals surface area (Å²) >= 11 is 3.37. The SMILES string of the molecule is CC(C)c1cccc(Nc2ncnc(N)c2Br)c1. The smallest absolute Gasteiger partial charge is 0.150 e. The molecule has 0 aliphatic heterocycles. The third-order valence-corrected chi connectivity index (χ3v) is 3.41. The zero-order chi connectivity index (χ0) is 13.1. The molecule has 2 rings (SSSR count). The molecule has 0 unspecified atom stereocenters. The summed E-state index contributed by atoms with van der Waals surface area (Å²) in [5.41, 5.74) is 7.98. The van der Waals surface area contributed by atoms with Crippen molar-refractivity contribution in [1.82, 2.24) is 9.97 Å². The van der Waals surface area contributed by atoms with E-state index in [1.54, 1.807) is 0 Å². The third kappa shape index (κ3) is 2.79. The van der Waals surface area contributed by atoms with Crippen molar-refractivity contribution < 1.29 is 0 Å². The van der Waals surface area contributed by atoms with Crippen molar-refractivity contribution in [2.24, 2.45) is 0 Å². The molecule has 0 fully saturated rings. The van der Waals surface area contributed by atoms with Gasteiger partial charge in [0.25, 0.3) is 0 Å². The molecule has 18 heavy (non-hydrogen) atoms. The highest BCUT2D eigenvalue weighted by Crippen LogP contribution is 2.28. The molecule has 0 saturated heterocycles. The number of aromatic nitrogens is 2. The number of rotatable bonds is 3.